The van der Waals surface area contributed by atoms with E-state index >= 15 is 0 Å². The molecular formula is C26H26F4N2O3. The first-order valence-electron chi connectivity index (χ1n) is 11.6. The van der Waals surface area contributed by atoms with Gasteiger partial charge in [0, 0.05) is 12.1 Å². The van der Waals surface area contributed by atoms with Crippen LogP contribution < -0.4 is 10.6 Å². The third-order valence-corrected chi connectivity index (χ3v) is 6.88. The third-order valence-electron chi connectivity index (χ3n) is 6.88. The summed E-state index contributed by atoms with van der Waals surface area (Å²) in [5.74, 6) is -4.91. The highest BCUT2D eigenvalue weighted by molar-refractivity contribution is 6.27. The molecule has 186 valence electrons. The molecule has 0 bridgehead atoms. The second-order valence-corrected chi connectivity index (χ2v) is 9.55. The van der Waals surface area contributed by atoms with Gasteiger partial charge in [0.1, 0.15) is 11.4 Å². The number of carbonyl (C=O) groups excluding carboxylic acids is 3. The van der Waals surface area contributed by atoms with Gasteiger partial charge in [-0.15, -0.1) is 0 Å². The minimum absolute atomic E-state index is 0.0889. The van der Waals surface area contributed by atoms with Gasteiger partial charge in [-0.05, 0) is 61.1 Å². The second kappa shape index (κ2) is 9.43. The Bertz CT molecular complexity index is 1140. The molecule has 2 unspecified atom stereocenters. The number of Topliss-reactive ketones (excluding diaryl/α,β-unsaturated/α-hetero) is 1. The lowest BCUT2D eigenvalue weighted by atomic mass is 9.84. The Kier molecular flexibility index (Phi) is 6.71. The van der Waals surface area contributed by atoms with Crippen LogP contribution in [0.1, 0.15) is 61.6 Å². The quantitative estimate of drug-likeness (QED) is 0.450. The van der Waals surface area contributed by atoms with Gasteiger partial charge in [0.25, 0.3) is 0 Å². The van der Waals surface area contributed by atoms with Crippen molar-refractivity contribution in [3.63, 3.8) is 0 Å². The van der Waals surface area contributed by atoms with E-state index in [9.17, 15) is 31.9 Å². The monoisotopic (exact) mass is 490 g/mol. The van der Waals surface area contributed by atoms with Crippen LogP contribution in [-0.4, -0.2) is 23.1 Å². The molecule has 1 saturated heterocycles. The van der Waals surface area contributed by atoms with Gasteiger partial charge in [0.15, 0.2) is 11.7 Å². The molecule has 5 nitrogen and oxygen atoms in total. The van der Waals surface area contributed by atoms with Crippen molar-refractivity contribution in [3.05, 3.63) is 65.0 Å². The molecule has 2 atom stereocenters. The van der Waals surface area contributed by atoms with Crippen molar-refractivity contribution in [1.29, 1.82) is 0 Å². The molecule has 9 heteroatoms. The Balaban J connectivity index is 1.44. The van der Waals surface area contributed by atoms with Crippen molar-refractivity contribution < 1.29 is 31.9 Å². The SMILES string of the molecule is CC1(Cc2ccc(C(F)(F)F)c(F)c2)NC(=O)C(C(=O)Nc2ccc(C3CCCCC3)cc2)C1=O. The number of anilines is 1. The number of amides is 2. The number of alkyl halides is 3. The molecule has 0 aromatic heterocycles. The zero-order valence-electron chi connectivity index (χ0n) is 19.2. The van der Waals surface area contributed by atoms with Crippen molar-refractivity contribution in [3.8, 4) is 0 Å². The highest BCUT2D eigenvalue weighted by Gasteiger charge is 2.52. The van der Waals surface area contributed by atoms with Gasteiger partial charge in [0.05, 0.1) is 5.56 Å². The van der Waals surface area contributed by atoms with E-state index in [1.807, 2.05) is 12.1 Å². The lowest BCUT2D eigenvalue weighted by Crippen LogP contribution is -2.45. The van der Waals surface area contributed by atoms with Crippen LogP contribution in [0.4, 0.5) is 23.2 Å². The van der Waals surface area contributed by atoms with Gasteiger partial charge < -0.3 is 10.6 Å². The van der Waals surface area contributed by atoms with E-state index in [0.717, 1.165) is 18.9 Å². The largest absolute Gasteiger partial charge is 0.419 e. The van der Waals surface area contributed by atoms with Crippen LogP contribution in [-0.2, 0) is 27.0 Å². The summed E-state index contributed by atoms with van der Waals surface area (Å²) in [7, 11) is 0. The van der Waals surface area contributed by atoms with E-state index in [2.05, 4.69) is 10.6 Å². The van der Waals surface area contributed by atoms with E-state index in [4.69, 9.17) is 0 Å². The van der Waals surface area contributed by atoms with Crippen LogP contribution in [0.5, 0.6) is 0 Å². The standard InChI is InChI=1S/C26H26F4N2O3/c1-25(14-15-7-12-19(20(27)13-15)26(28,29)30)22(33)21(24(35)32-25)23(34)31-18-10-8-17(9-11-18)16-5-3-2-4-6-16/h7-13,16,21H,2-6,14H2,1H3,(H,31,34)(H,32,35). The van der Waals surface area contributed by atoms with E-state index in [1.54, 1.807) is 12.1 Å². The van der Waals surface area contributed by atoms with Crippen molar-refractivity contribution in [2.45, 2.75) is 63.1 Å². The zero-order valence-corrected chi connectivity index (χ0v) is 19.2. The second-order valence-electron chi connectivity index (χ2n) is 9.55. The molecule has 1 aliphatic heterocycles. The summed E-state index contributed by atoms with van der Waals surface area (Å²) in [6.07, 6.45) is 0.788. The number of rotatable bonds is 5. The topological polar surface area (TPSA) is 75.3 Å². The van der Waals surface area contributed by atoms with E-state index < -0.39 is 46.6 Å². The Hall–Kier alpha value is -3.23. The maximum absolute atomic E-state index is 14.0. The highest BCUT2D eigenvalue weighted by Crippen LogP contribution is 2.34. The van der Waals surface area contributed by atoms with Crippen LogP contribution in [0.15, 0.2) is 42.5 Å². The molecule has 0 spiro atoms. The summed E-state index contributed by atoms with van der Waals surface area (Å²) in [4.78, 5) is 38.3. The van der Waals surface area contributed by atoms with Crippen LogP contribution in [0.3, 0.4) is 0 Å². The minimum Gasteiger partial charge on any atom is -0.342 e. The maximum Gasteiger partial charge on any atom is 0.419 e. The Morgan fingerprint density at radius 1 is 1.06 bits per heavy atom. The molecule has 2 fully saturated rings. The van der Waals surface area contributed by atoms with Crippen LogP contribution in [0, 0.1) is 11.7 Å². The van der Waals surface area contributed by atoms with E-state index in [1.165, 1.54) is 31.7 Å². The molecule has 35 heavy (non-hydrogen) atoms. The number of hydrogen-bond acceptors (Lipinski definition) is 3. The summed E-state index contributed by atoms with van der Waals surface area (Å²) >= 11 is 0. The molecule has 4 rings (SSSR count). The van der Waals surface area contributed by atoms with Gasteiger partial charge >= 0.3 is 6.18 Å². The molecule has 2 aromatic rings. The van der Waals surface area contributed by atoms with Crippen LogP contribution >= 0.6 is 0 Å². The first kappa shape index (κ1) is 24.9. The van der Waals surface area contributed by atoms with Crippen LogP contribution in [0.2, 0.25) is 0 Å². The summed E-state index contributed by atoms with van der Waals surface area (Å²) in [6.45, 7) is 1.37. The van der Waals surface area contributed by atoms with Crippen LogP contribution in [0.25, 0.3) is 0 Å². The Morgan fingerprint density at radius 3 is 2.31 bits per heavy atom. The van der Waals surface area contributed by atoms with Gasteiger partial charge in [-0.1, -0.05) is 37.5 Å². The van der Waals surface area contributed by atoms with Gasteiger partial charge in [-0.3, -0.25) is 14.4 Å². The molecule has 2 aromatic carbocycles. The number of nitrogens with one attached hydrogen (secondary N) is 2. The third kappa shape index (κ3) is 5.23. The van der Waals surface area contributed by atoms with E-state index in [-0.39, 0.29) is 12.0 Å². The molecule has 2 aliphatic rings. The summed E-state index contributed by atoms with van der Waals surface area (Å²) in [6, 6.07) is 9.69. The highest BCUT2D eigenvalue weighted by atomic mass is 19.4. The van der Waals surface area contributed by atoms with Crippen molar-refractivity contribution in [1.82, 2.24) is 5.32 Å². The average Bonchev–Trinajstić information content (AvgIpc) is 3.01. The Labute approximate surface area is 200 Å². The summed E-state index contributed by atoms with van der Waals surface area (Å²) in [5.41, 5.74) is -1.25. The molecule has 2 N–H and O–H groups in total. The smallest absolute Gasteiger partial charge is 0.342 e. The molecule has 1 saturated carbocycles. The Morgan fingerprint density at radius 2 is 1.71 bits per heavy atom. The van der Waals surface area contributed by atoms with Crippen molar-refractivity contribution in [2.24, 2.45) is 5.92 Å². The minimum atomic E-state index is -4.85. The fourth-order valence-electron chi connectivity index (χ4n) is 5.01. The average molecular weight is 490 g/mol. The number of hydrogen-bond donors (Lipinski definition) is 2. The van der Waals surface area contributed by atoms with Gasteiger partial charge in [0.2, 0.25) is 11.8 Å². The van der Waals surface area contributed by atoms with Crippen molar-refractivity contribution in [2.75, 3.05) is 5.32 Å². The molecule has 1 heterocycles. The molecular weight excluding hydrogens is 464 g/mol. The molecule has 2 amide bonds. The normalized spacial score (nSPS) is 23.3. The number of carbonyl (C=O) groups is 3. The number of halogens is 4. The summed E-state index contributed by atoms with van der Waals surface area (Å²) in [5, 5.41) is 5.07. The first-order chi connectivity index (χ1) is 16.5. The fraction of sp³-hybridized carbons (Fsp3) is 0.423. The number of benzene rings is 2. The first-order valence-corrected chi connectivity index (χ1v) is 11.6. The fourth-order valence-corrected chi connectivity index (χ4v) is 5.01. The lowest BCUT2D eigenvalue weighted by molar-refractivity contribution is -0.140. The summed E-state index contributed by atoms with van der Waals surface area (Å²) < 4.78 is 52.4. The van der Waals surface area contributed by atoms with Gasteiger partial charge in [-0.25, -0.2) is 4.39 Å². The molecule has 1 aliphatic carbocycles. The predicted molar refractivity (Wildman–Crippen MR) is 121 cm³/mol. The van der Waals surface area contributed by atoms with Crippen molar-refractivity contribution >= 4 is 23.3 Å². The predicted octanol–water partition coefficient (Wildman–Crippen LogP) is 5.15. The number of ketones is 1. The maximum atomic E-state index is 14.0. The zero-order chi connectivity index (χ0) is 25.4. The lowest BCUT2D eigenvalue weighted by Gasteiger charge is -2.23. The molecule has 0 radical (unpaired) electrons. The van der Waals surface area contributed by atoms with E-state index in [0.29, 0.717) is 23.7 Å². The van der Waals surface area contributed by atoms with Gasteiger partial charge in [-0.2, -0.15) is 13.2 Å².